The van der Waals surface area contributed by atoms with Crippen LogP contribution in [0.15, 0.2) is 0 Å². The van der Waals surface area contributed by atoms with Gasteiger partial charge in [0.05, 0.1) is 12.0 Å². The maximum atomic E-state index is 12.4. The molecule has 0 radical (unpaired) electrons. The van der Waals surface area contributed by atoms with Gasteiger partial charge in [-0.25, -0.2) is 4.79 Å². The minimum absolute atomic E-state index is 0.117. The Kier molecular flexibility index (Phi) is 4.00. The van der Waals surface area contributed by atoms with Gasteiger partial charge in [0.15, 0.2) is 5.60 Å². The molecule has 1 N–H and O–H groups in total. The van der Waals surface area contributed by atoms with Crippen LogP contribution in [0.3, 0.4) is 0 Å². The van der Waals surface area contributed by atoms with Crippen LogP contribution < -0.4 is 0 Å². The summed E-state index contributed by atoms with van der Waals surface area (Å²) in [5, 5.41) is 10.2. The van der Waals surface area contributed by atoms with Crippen molar-refractivity contribution in [3.8, 4) is 0 Å². The van der Waals surface area contributed by atoms with Crippen molar-refractivity contribution in [3.63, 3.8) is 0 Å². The lowest BCUT2D eigenvalue weighted by Gasteiger charge is -2.37. The zero-order valence-electron chi connectivity index (χ0n) is 11.6. The molecular formula is C13H19Cl2NO4. The predicted octanol–water partition coefficient (Wildman–Crippen LogP) is 1.49. The second-order valence-corrected chi connectivity index (χ2v) is 7.24. The Morgan fingerprint density at radius 3 is 2.20 bits per heavy atom. The summed E-state index contributed by atoms with van der Waals surface area (Å²) >= 11 is 12.0. The highest BCUT2D eigenvalue weighted by atomic mass is 35.5. The molecule has 2 aliphatic rings. The first-order chi connectivity index (χ1) is 9.16. The predicted molar refractivity (Wildman–Crippen MR) is 74.6 cm³/mol. The van der Waals surface area contributed by atoms with E-state index in [9.17, 15) is 14.7 Å². The molecular weight excluding hydrogens is 305 g/mol. The minimum atomic E-state index is -1.49. The Morgan fingerprint density at radius 2 is 1.80 bits per heavy atom. The number of carbonyl (C=O) groups is 2. The molecule has 20 heavy (non-hydrogen) atoms. The zero-order valence-corrected chi connectivity index (χ0v) is 13.1. The number of piperidine rings is 1. The smallest absolute Gasteiger partial charge is 0.338 e. The number of ether oxygens (including phenoxy) is 1. The Labute approximate surface area is 128 Å². The minimum Gasteiger partial charge on any atom is -0.464 e. The molecule has 5 nitrogen and oxygen atoms in total. The molecule has 1 amide bonds. The first-order valence-electron chi connectivity index (χ1n) is 6.73. The number of hydrogen-bond donors (Lipinski definition) is 1. The number of esters is 1. The average molecular weight is 324 g/mol. The Morgan fingerprint density at radius 1 is 1.30 bits per heavy atom. The number of hydrogen-bond acceptors (Lipinski definition) is 4. The van der Waals surface area contributed by atoms with Crippen LogP contribution in [-0.4, -0.2) is 51.5 Å². The molecule has 0 aromatic heterocycles. The second kappa shape index (κ2) is 5.04. The van der Waals surface area contributed by atoms with Gasteiger partial charge in [0, 0.05) is 25.9 Å². The third-order valence-electron chi connectivity index (χ3n) is 4.26. The SMILES string of the molecule is CCOC(=O)C1(O)CCN(C(=O)C2(C)CC2(Cl)Cl)CC1. The van der Waals surface area contributed by atoms with E-state index in [1.54, 1.807) is 18.7 Å². The second-order valence-electron chi connectivity index (χ2n) is 5.76. The van der Waals surface area contributed by atoms with Crippen molar-refractivity contribution < 1.29 is 19.4 Å². The van der Waals surface area contributed by atoms with E-state index in [4.69, 9.17) is 27.9 Å². The molecule has 0 spiro atoms. The molecule has 114 valence electrons. The van der Waals surface area contributed by atoms with Crippen LogP contribution in [0.4, 0.5) is 0 Å². The Bertz CT molecular complexity index is 432. The van der Waals surface area contributed by atoms with Crippen molar-refractivity contribution in [1.29, 1.82) is 0 Å². The van der Waals surface area contributed by atoms with Crippen molar-refractivity contribution in [2.45, 2.75) is 43.0 Å². The highest BCUT2D eigenvalue weighted by molar-refractivity contribution is 6.53. The van der Waals surface area contributed by atoms with Gasteiger partial charge < -0.3 is 14.7 Å². The maximum absolute atomic E-state index is 12.4. The summed E-state index contributed by atoms with van der Waals surface area (Å²) in [5.74, 6) is -0.734. The van der Waals surface area contributed by atoms with Gasteiger partial charge in [-0.1, -0.05) is 0 Å². The molecule has 1 atom stereocenters. The van der Waals surface area contributed by atoms with Gasteiger partial charge >= 0.3 is 5.97 Å². The number of carbonyl (C=O) groups excluding carboxylic acids is 2. The number of nitrogens with zero attached hydrogens (tertiary/aromatic N) is 1. The molecule has 1 aliphatic heterocycles. The molecule has 1 saturated carbocycles. The van der Waals surface area contributed by atoms with E-state index in [2.05, 4.69) is 0 Å². The zero-order chi connectivity index (χ0) is 15.2. The lowest BCUT2D eigenvalue weighted by Crippen LogP contribution is -2.53. The normalized spacial score (nSPS) is 30.8. The van der Waals surface area contributed by atoms with Crippen LogP contribution in [0, 0.1) is 5.41 Å². The van der Waals surface area contributed by atoms with Crippen molar-refractivity contribution >= 4 is 35.1 Å². The van der Waals surface area contributed by atoms with Crippen molar-refractivity contribution in [1.82, 2.24) is 4.90 Å². The van der Waals surface area contributed by atoms with Gasteiger partial charge in [-0.05, 0) is 20.3 Å². The van der Waals surface area contributed by atoms with Crippen LogP contribution in [0.25, 0.3) is 0 Å². The van der Waals surface area contributed by atoms with Crippen molar-refractivity contribution in [2.75, 3.05) is 19.7 Å². The maximum Gasteiger partial charge on any atom is 0.338 e. The highest BCUT2D eigenvalue weighted by Gasteiger charge is 2.69. The third-order valence-corrected chi connectivity index (χ3v) is 5.36. The molecule has 1 aliphatic carbocycles. The van der Waals surface area contributed by atoms with E-state index < -0.39 is 21.3 Å². The summed E-state index contributed by atoms with van der Waals surface area (Å²) in [4.78, 5) is 25.7. The van der Waals surface area contributed by atoms with E-state index in [0.29, 0.717) is 19.5 Å². The molecule has 0 aromatic rings. The van der Waals surface area contributed by atoms with Gasteiger partial charge in [-0.15, -0.1) is 23.2 Å². The number of likely N-dealkylation sites (tertiary alicyclic amines) is 1. The molecule has 0 bridgehead atoms. The van der Waals surface area contributed by atoms with E-state index in [-0.39, 0.29) is 25.4 Å². The highest BCUT2D eigenvalue weighted by Crippen LogP contribution is 2.64. The first-order valence-corrected chi connectivity index (χ1v) is 7.49. The molecule has 0 aromatic carbocycles. The van der Waals surface area contributed by atoms with Crippen molar-refractivity contribution in [2.24, 2.45) is 5.41 Å². The Hall–Kier alpha value is -0.520. The molecule has 1 unspecified atom stereocenters. The fraction of sp³-hybridized carbons (Fsp3) is 0.846. The third kappa shape index (κ3) is 2.51. The number of halogens is 2. The van der Waals surface area contributed by atoms with E-state index in [1.807, 2.05) is 0 Å². The average Bonchev–Trinajstić information content (AvgIpc) is 2.90. The first kappa shape index (κ1) is 15.9. The number of alkyl halides is 2. The number of amides is 1. The van der Waals surface area contributed by atoms with E-state index in [1.165, 1.54) is 0 Å². The molecule has 2 rings (SSSR count). The van der Waals surface area contributed by atoms with E-state index in [0.717, 1.165) is 0 Å². The summed E-state index contributed by atoms with van der Waals surface area (Å²) in [6, 6.07) is 0. The summed E-state index contributed by atoms with van der Waals surface area (Å²) in [6.45, 7) is 4.25. The van der Waals surface area contributed by atoms with Crippen LogP contribution in [0.2, 0.25) is 0 Å². The van der Waals surface area contributed by atoms with Gasteiger partial charge in [0.1, 0.15) is 4.33 Å². The fourth-order valence-corrected chi connectivity index (χ4v) is 3.23. The van der Waals surface area contributed by atoms with Crippen LogP contribution in [-0.2, 0) is 14.3 Å². The fourth-order valence-electron chi connectivity index (χ4n) is 2.53. The topological polar surface area (TPSA) is 66.8 Å². The summed E-state index contributed by atoms with van der Waals surface area (Å²) in [7, 11) is 0. The lowest BCUT2D eigenvalue weighted by atomic mass is 9.90. The van der Waals surface area contributed by atoms with Crippen LogP contribution >= 0.6 is 23.2 Å². The Balaban J connectivity index is 1.95. The lowest BCUT2D eigenvalue weighted by molar-refractivity contribution is -0.171. The van der Waals surface area contributed by atoms with Gasteiger partial charge in [0.2, 0.25) is 5.91 Å². The summed E-state index contributed by atoms with van der Waals surface area (Å²) in [5.41, 5.74) is -2.24. The molecule has 7 heteroatoms. The van der Waals surface area contributed by atoms with Gasteiger partial charge in [-0.3, -0.25) is 4.79 Å². The monoisotopic (exact) mass is 323 g/mol. The van der Waals surface area contributed by atoms with Gasteiger partial charge in [0.25, 0.3) is 0 Å². The summed E-state index contributed by atoms with van der Waals surface area (Å²) in [6.07, 6.45) is 0.775. The molecule has 1 saturated heterocycles. The number of aliphatic hydroxyl groups is 1. The molecule has 1 heterocycles. The van der Waals surface area contributed by atoms with Crippen LogP contribution in [0.5, 0.6) is 0 Å². The summed E-state index contributed by atoms with van der Waals surface area (Å²) < 4.78 is 3.86. The standard InChI is InChI=1S/C13H19Cl2NO4/c1-3-20-10(18)12(19)4-6-16(7-5-12)9(17)11(2)8-13(11,14)15/h19H,3-8H2,1-2H3. The van der Waals surface area contributed by atoms with E-state index >= 15 is 0 Å². The van der Waals surface area contributed by atoms with Gasteiger partial charge in [-0.2, -0.15) is 0 Å². The largest absolute Gasteiger partial charge is 0.464 e. The quantitative estimate of drug-likeness (QED) is 0.631. The molecule has 2 fully saturated rings. The van der Waals surface area contributed by atoms with Crippen LogP contribution in [0.1, 0.15) is 33.1 Å². The number of rotatable bonds is 3. The van der Waals surface area contributed by atoms with Crippen molar-refractivity contribution in [3.05, 3.63) is 0 Å².